The highest BCUT2D eigenvalue weighted by molar-refractivity contribution is 6.35. The van der Waals surface area contributed by atoms with Gasteiger partial charge in [0.05, 0.1) is 5.69 Å². The lowest BCUT2D eigenvalue weighted by Gasteiger charge is -2.36. The van der Waals surface area contributed by atoms with Crippen molar-refractivity contribution in [3.8, 4) is 0 Å². The molecule has 0 aromatic heterocycles. The molecule has 1 N–H and O–H groups in total. The maximum atomic E-state index is 12.5. The van der Waals surface area contributed by atoms with Gasteiger partial charge in [0.2, 0.25) is 0 Å². The molecule has 2 aliphatic rings. The van der Waals surface area contributed by atoms with Crippen LogP contribution in [0.2, 0.25) is 10.0 Å². The number of hydrogen-bond donors (Lipinski definition) is 1. The van der Waals surface area contributed by atoms with Crippen molar-refractivity contribution < 1.29 is 22.8 Å². The highest BCUT2D eigenvalue weighted by Gasteiger charge is 2.42. The summed E-state index contributed by atoms with van der Waals surface area (Å²) in [6.45, 7) is 1.37. The summed E-state index contributed by atoms with van der Waals surface area (Å²) >= 11 is 12.7. The highest BCUT2D eigenvalue weighted by atomic mass is 35.5. The van der Waals surface area contributed by atoms with Gasteiger partial charge in [0.15, 0.2) is 0 Å². The molecule has 0 saturated heterocycles. The molecule has 1 atom stereocenters. The molecule has 1 fully saturated rings. The number of para-hydroxylation sites is 1. The van der Waals surface area contributed by atoms with E-state index >= 15 is 0 Å². The molecule has 4 rings (SSSR count). The van der Waals surface area contributed by atoms with Gasteiger partial charge >= 0.3 is 12.1 Å². The summed E-state index contributed by atoms with van der Waals surface area (Å²) in [4.78, 5) is 17.7. The second-order valence-electron chi connectivity index (χ2n) is 7.25. The lowest BCUT2D eigenvalue weighted by molar-refractivity contribution is -0.196. The third-order valence-electron chi connectivity index (χ3n) is 5.23. The number of nitrogens with zero attached hydrogens (tertiary/aromatic N) is 1. The molecule has 29 heavy (non-hydrogen) atoms. The zero-order chi connectivity index (χ0) is 20.8. The minimum atomic E-state index is -5.08. The van der Waals surface area contributed by atoms with E-state index in [1.807, 2.05) is 6.07 Å². The Morgan fingerprint density at radius 3 is 2.55 bits per heavy atom. The Kier molecular flexibility index (Phi) is 5.40. The van der Waals surface area contributed by atoms with Crippen LogP contribution in [0.15, 0.2) is 36.4 Å². The van der Waals surface area contributed by atoms with Crippen LogP contribution in [0.1, 0.15) is 35.4 Å². The minimum Gasteiger partial charge on any atom is -0.335 e. The Balaban J connectivity index is 1.70. The number of anilines is 1. The van der Waals surface area contributed by atoms with Crippen molar-refractivity contribution in [2.75, 3.05) is 12.0 Å². The number of hydrogen-bond acceptors (Lipinski definition) is 4. The van der Waals surface area contributed by atoms with Crippen LogP contribution in [0, 0.1) is 0 Å². The topological polar surface area (TPSA) is 41.6 Å². The largest absolute Gasteiger partial charge is 0.493 e. The molecular formula is C20H17Cl2F3N2O2. The van der Waals surface area contributed by atoms with Gasteiger partial charge in [-0.3, -0.25) is 4.90 Å². The Bertz CT molecular complexity index is 948. The predicted molar refractivity (Wildman–Crippen MR) is 104 cm³/mol. The summed E-state index contributed by atoms with van der Waals surface area (Å²) in [6.07, 6.45) is -2.87. The Hall–Kier alpha value is -1.96. The standard InChI is InChI=1S/C20H17Cl2F3N2O2/c21-11-7-14-15(9-27(12-5-6-12)10-16(14)17(22)8-11)13-3-1-2-4-18(13)26-29-19(28)20(23,24)25/h1-4,7-8,12,15,26H,5-6,9-10H2/t15-/m0/s1. The summed E-state index contributed by atoms with van der Waals surface area (Å²) in [5.41, 5.74) is 5.06. The van der Waals surface area contributed by atoms with Crippen molar-refractivity contribution >= 4 is 34.9 Å². The van der Waals surface area contributed by atoms with Gasteiger partial charge in [-0.25, -0.2) is 10.3 Å². The van der Waals surface area contributed by atoms with Gasteiger partial charge < -0.3 is 4.84 Å². The van der Waals surface area contributed by atoms with E-state index in [4.69, 9.17) is 23.2 Å². The quantitative estimate of drug-likeness (QED) is 0.628. The van der Waals surface area contributed by atoms with E-state index in [2.05, 4.69) is 15.2 Å². The van der Waals surface area contributed by atoms with Crippen molar-refractivity contribution in [3.63, 3.8) is 0 Å². The van der Waals surface area contributed by atoms with E-state index in [0.29, 0.717) is 34.7 Å². The molecule has 1 heterocycles. The third-order valence-corrected chi connectivity index (χ3v) is 5.79. The number of alkyl halides is 3. The van der Waals surface area contributed by atoms with Crippen molar-refractivity contribution in [2.45, 2.75) is 37.5 Å². The fourth-order valence-corrected chi connectivity index (χ4v) is 4.31. The molecule has 154 valence electrons. The smallest absolute Gasteiger partial charge is 0.335 e. The van der Waals surface area contributed by atoms with E-state index in [1.165, 1.54) is 0 Å². The molecule has 4 nitrogen and oxygen atoms in total. The number of rotatable bonds is 4. The molecule has 0 amide bonds. The zero-order valence-electron chi connectivity index (χ0n) is 15.1. The Morgan fingerprint density at radius 1 is 1.14 bits per heavy atom. The molecule has 0 bridgehead atoms. The van der Waals surface area contributed by atoms with Crippen molar-refractivity contribution in [1.82, 2.24) is 4.90 Å². The molecule has 2 aromatic carbocycles. The first-order valence-electron chi connectivity index (χ1n) is 9.09. The zero-order valence-corrected chi connectivity index (χ0v) is 16.6. The Labute approximate surface area is 175 Å². The van der Waals surface area contributed by atoms with Crippen LogP contribution in [0.5, 0.6) is 0 Å². The van der Waals surface area contributed by atoms with E-state index in [9.17, 15) is 18.0 Å². The Morgan fingerprint density at radius 2 is 1.86 bits per heavy atom. The fourth-order valence-electron chi connectivity index (χ4n) is 3.74. The van der Waals surface area contributed by atoms with Crippen molar-refractivity contribution in [3.05, 3.63) is 63.1 Å². The first kappa shape index (κ1) is 20.3. The maximum Gasteiger partial charge on any atom is 0.493 e. The number of carbonyl (C=O) groups is 1. The average molecular weight is 445 g/mol. The third kappa shape index (κ3) is 4.32. The summed E-state index contributed by atoms with van der Waals surface area (Å²) in [5, 5.41) is 1.06. The molecule has 0 radical (unpaired) electrons. The molecular weight excluding hydrogens is 428 g/mol. The van der Waals surface area contributed by atoms with Gasteiger partial charge in [0.1, 0.15) is 0 Å². The van der Waals surface area contributed by atoms with Crippen LogP contribution in [-0.4, -0.2) is 29.6 Å². The lowest BCUT2D eigenvalue weighted by atomic mass is 9.83. The number of nitrogens with one attached hydrogen (secondary N) is 1. The molecule has 0 unspecified atom stereocenters. The monoisotopic (exact) mass is 444 g/mol. The minimum absolute atomic E-state index is 0.191. The van der Waals surface area contributed by atoms with Crippen molar-refractivity contribution in [1.29, 1.82) is 0 Å². The van der Waals surface area contributed by atoms with Crippen LogP contribution in [0.3, 0.4) is 0 Å². The van der Waals surface area contributed by atoms with Crippen molar-refractivity contribution in [2.24, 2.45) is 0 Å². The van der Waals surface area contributed by atoms with Crippen LogP contribution in [-0.2, 0) is 16.2 Å². The SMILES string of the molecule is O=C(ONc1ccccc1[C@@H]1CN(C2CC2)Cc2c(Cl)cc(Cl)cc21)C(F)(F)F. The normalized spacial score (nSPS) is 19.6. The van der Waals surface area contributed by atoms with Gasteiger partial charge in [-0.15, -0.1) is 0 Å². The van der Waals surface area contributed by atoms with Crippen LogP contribution in [0.4, 0.5) is 18.9 Å². The van der Waals surface area contributed by atoms with Gasteiger partial charge in [0.25, 0.3) is 0 Å². The second kappa shape index (κ2) is 7.70. The molecule has 1 aliphatic heterocycles. The summed E-state index contributed by atoms with van der Waals surface area (Å²) in [5.74, 6) is -2.49. The molecule has 2 aromatic rings. The lowest BCUT2D eigenvalue weighted by Crippen LogP contribution is -2.36. The van der Waals surface area contributed by atoms with E-state index in [-0.39, 0.29) is 11.6 Å². The van der Waals surface area contributed by atoms with E-state index < -0.39 is 12.1 Å². The summed E-state index contributed by atoms with van der Waals surface area (Å²) in [6, 6.07) is 10.8. The van der Waals surface area contributed by atoms with Crippen LogP contribution in [0.25, 0.3) is 0 Å². The molecule has 0 spiro atoms. The van der Waals surface area contributed by atoms with Crippen LogP contribution >= 0.6 is 23.2 Å². The first-order valence-corrected chi connectivity index (χ1v) is 9.84. The maximum absolute atomic E-state index is 12.5. The molecule has 9 heteroatoms. The summed E-state index contributed by atoms with van der Waals surface area (Å²) < 4.78 is 37.5. The fraction of sp³-hybridized carbons (Fsp3) is 0.350. The average Bonchev–Trinajstić information content (AvgIpc) is 3.50. The summed E-state index contributed by atoms with van der Waals surface area (Å²) in [7, 11) is 0. The van der Waals surface area contributed by atoms with Gasteiger partial charge in [-0.2, -0.15) is 13.2 Å². The van der Waals surface area contributed by atoms with E-state index in [0.717, 1.165) is 24.0 Å². The number of fused-ring (bicyclic) bond motifs is 1. The predicted octanol–water partition coefficient (Wildman–Crippen LogP) is 5.54. The van der Waals surface area contributed by atoms with Crippen LogP contribution < -0.4 is 5.48 Å². The molecule has 1 aliphatic carbocycles. The molecule has 1 saturated carbocycles. The highest BCUT2D eigenvalue weighted by Crippen LogP contribution is 2.43. The van der Waals surface area contributed by atoms with E-state index in [1.54, 1.807) is 30.3 Å². The first-order chi connectivity index (χ1) is 13.7. The van der Waals surface area contributed by atoms with Gasteiger partial charge in [0, 0.05) is 35.1 Å². The number of halogens is 5. The van der Waals surface area contributed by atoms with Gasteiger partial charge in [-0.1, -0.05) is 41.4 Å². The second-order valence-corrected chi connectivity index (χ2v) is 8.09. The number of benzene rings is 2. The van der Waals surface area contributed by atoms with Gasteiger partial charge in [-0.05, 0) is 47.7 Å². The number of carbonyl (C=O) groups excluding carboxylic acids is 1.